The van der Waals surface area contributed by atoms with Crippen molar-refractivity contribution < 1.29 is 14.6 Å². The molecule has 0 unspecified atom stereocenters. The van der Waals surface area contributed by atoms with Gasteiger partial charge in [0.05, 0.1) is 12.7 Å². The summed E-state index contributed by atoms with van der Waals surface area (Å²) in [6.45, 7) is 10.8. The van der Waals surface area contributed by atoms with Crippen molar-refractivity contribution in [2.45, 2.75) is 45.8 Å². The zero-order valence-corrected chi connectivity index (χ0v) is 11.2. The Bertz CT molecular complexity index is 310. The molecule has 0 amide bonds. The number of nitrogens with zero attached hydrogens (tertiary/aromatic N) is 1. The fraction of sp³-hybridized carbons (Fsp3) is 0.769. The van der Waals surface area contributed by atoms with Gasteiger partial charge in [0.2, 0.25) is 0 Å². The minimum Gasteiger partial charge on any atom is -0.478 e. The first kappa shape index (κ1) is 14.2. The molecule has 17 heavy (non-hydrogen) atoms. The summed E-state index contributed by atoms with van der Waals surface area (Å²) in [7, 11) is 0. The van der Waals surface area contributed by atoms with E-state index < -0.39 is 5.97 Å². The molecule has 0 aliphatic carbocycles. The van der Waals surface area contributed by atoms with Gasteiger partial charge in [0.15, 0.2) is 0 Å². The van der Waals surface area contributed by atoms with E-state index in [1.807, 2.05) is 6.92 Å². The van der Waals surface area contributed by atoms with Gasteiger partial charge in [0.25, 0.3) is 0 Å². The van der Waals surface area contributed by atoms with E-state index in [0.717, 1.165) is 25.1 Å². The van der Waals surface area contributed by atoms with Crippen molar-refractivity contribution in [3.05, 3.63) is 11.6 Å². The number of carboxylic acids is 1. The Balaban J connectivity index is 2.70. The normalized spacial score (nSPS) is 23.8. The molecule has 4 nitrogen and oxygen atoms in total. The smallest absolute Gasteiger partial charge is 0.328 e. The monoisotopic (exact) mass is 241 g/mol. The van der Waals surface area contributed by atoms with E-state index in [9.17, 15) is 4.79 Å². The van der Waals surface area contributed by atoms with Crippen LogP contribution in [0.4, 0.5) is 0 Å². The fourth-order valence-electron chi connectivity index (χ4n) is 1.99. The molecule has 1 heterocycles. The zero-order chi connectivity index (χ0) is 13.1. The number of ether oxygens (including phenoxy) is 1. The molecule has 0 spiro atoms. The van der Waals surface area contributed by atoms with Crippen LogP contribution in [0, 0.1) is 0 Å². The maximum absolute atomic E-state index is 10.6. The lowest BCUT2D eigenvalue weighted by molar-refractivity contribution is -0.131. The van der Waals surface area contributed by atoms with E-state index in [-0.39, 0.29) is 11.6 Å². The molecule has 1 aliphatic rings. The average Bonchev–Trinajstić information content (AvgIpc) is 2.28. The van der Waals surface area contributed by atoms with Crippen molar-refractivity contribution in [3.63, 3.8) is 0 Å². The van der Waals surface area contributed by atoms with Gasteiger partial charge in [0, 0.05) is 24.7 Å². The van der Waals surface area contributed by atoms with Crippen molar-refractivity contribution in [3.8, 4) is 0 Å². The van der Waals surface area contributed by atoms with Crippen LogP contribution in [0.1, 0.15) is 34.1 Å². The highest BCUT2D eigenvalue weighted by atomic mass is 16.5. The minimum atomic E-state index is -0.905. The number of rotatable bonds is 4. The van der Waals surface area contributed by atoms with E-state index in [4.69, 9.17) is 9.84 Å². The van der Waals surface area contributed by atoms with E-state index >= 15 is 0 Å². The second kappa shape index (κ2) is 5.65. The Labute approximate surface area is 103 Å². The summed E-state index contributed by atoms with van der Waals surface area (Å²) >= 11 is 0. The maximum Gasteiger partial charge on any atom is 0.328 e. The van der Waals surface area contributed by atoms with Gasteiger partial charge in [0.1, 0.15) is 0 Å². The van der Waals surface area contributed by atoms with Crippen molar-refractivity contribution in [2.75, 3.05) is 19.7 Å². The molecule has 0 aromatic heterocycles. The van der Waals surface area contributed by atoms with Crippen LogP contribution in [0.3, 0.4) is 0 Å². The molecular formula is C13H23NO3. The zero-order valence-electron chi connectivity index (χ0n) is 11.2. The highest BCUT2D eigenvalue weighted by molar-refractivity contribution is 5.80. The molecule has 98 valence electrons. The van der Waals surface area contributed by atoms with Crippen LogP contribution in [0.25, 0.3) is 0 Å². The highest BCUT2D eigenvalue weighted by Crippen LogP contribution is 2.23. The van der Waals surface area contributed by atoms with Gasteiger partial charge in [-0.15, -0.1) is 0 Å². The fourth-order valence-corrected chi connectivity index (χ4v) is 1.99. The molecule has 0 radical (unpaired) electrons. The van der Waals surface area contributed by atoms with E-state index in [1.165, 1.54) is 6.08 Å². The molecule has 0 aromatic rings. The van der Waals surface area contributed by atoms with Crippen molar-refractivity contribution >= 4 is 5.97 Å². The van der Waals surface area contributed by atoms with Crippen LogP contribution in [-0.4, -0.2) is 47.3 Å². The molecule has 0 saturated carbocycles. The number of hydrogen-bond acceptors (Lipinski definition) is 3. The van der Waals surface area contributed by atoms with Crippen LogP contribution in [0.15, 0.2) is 11.6 Å². The Morgan fingerprint density at radius 2 is 2.24 bits per heavy atom. The van der Waals surface area contributed by atoms with Crippen molar-refractivity contribution in [1.29, 1.82) is 0 Å². The van der Waals surface area contributed by atoms with Gasteiger partial charge >= 0.3 is 5.97 Å². The summed E-state index contributed by atoms with van der Waals surface area (Å²) in [6.07, 6.45) is 2.22. The third kappa shape index (κ3) is 3.82. The summed E-state index contributed by atoms with van der Waals surface area (Å²) in [5, 5.41) is 8.74. The lowest BCUT2D eigenvalue weighted by atomic mass is 9.97. The van der Waals surface area contributed by atoms with Crippen LogP contribution in [-0.2, 0) is 9.53 Å². The largest absolute Gasteiger partial charge is 0.478 e. The Hall–Kier alpha value is -0.870. The third-order valence-electron chi connectivity index (χ3n) is 3.65. The third-order valence-corrected chi connectivity index (χ3v) is 3.65. The van der Waals surface area contributed by atoms with Gasteiger partial charge in [-0.25, -0.2) is 4.79 Å². The first-order valence-corrected chi connectivity index (χ1v) is 6.14. The summed E-state index contributed by atoms with van der Waals surface area (Å²) in [4.78, 5) is 13.0. The predicted octanol–water partition coefficient (Wildman–Crippen LogP) is 1.91. The number of carbonyl (C=O) groups is 1. The average molecular weight is 241 g/mol. The molecule has 1 atom stereocenters. The Morgan fingerprint density at radius 1 is 1.59 bits per heavy atom. The Morgan fingerprint density at radius 3 is 2.76 bits per heavy atom. The molecule has 1 fully saturated rings. The van der Waals surface area contributed by atoms with Crippen molar-refractivity contribution in [2.24, 2.45) is 0 Å². The topological polar surface area (TPSA) is 49.8 Å². The summed E-state index contributed by atoms with van der Waals surface area (Å²) in [5.74, 6) is -0.905. The first-order chi connectivity index (χ1) is 7.86. The summed E-state index contributed by atoms with van der Waals surface area (Å²) in [5.41, 5.74) is 0.931. The predicted molar refractivity (Wildman–Crippen MR) is 67.1 cm³/mol. The number of aliphatic carboxylic acids is 1. The SMILES string of the molecule is CCC(C)(C)N1CCO[C@H](/C(C)=C/C(=O)O)C1. The number of hydrogen-bond donors (Lipinski definition) is 1. The van der Waals surface area contributed by atoms with Gasteiger partial charge in [-0.2, -0.15) is 0 Å². The minimum absolute atomic E-state index is 0.0920. The van der Waals surface area contributed by atoms with Crippen LogP contribution in [0.2, 0.25) is 0 Å². The lowest BCUT2D eigenvalue weighted by Gasteiger charge is -2.43. The molecule has 0 aromatic carbocycles. The highest BCUT2D eigenvalue weighted by Gasteiger charge is 2.31. The van der Waals surface area contributed by atoms with Crippen LogP contribution in [0.5, 0.6) is 0 Å². The molecular weight excluding hydrogens is 218 g/mol. The van der Waals surface area contributed by atoms with E-state index in [1.54, 1.807) is 0 Å². The molecule has 1 rings (SSSR count). The standard InChI is InChI=1S/C13H23NO3/c1-5-13(3,4)14-6-7-17-11(9-14)10(2)8-12(15)16/h8,11H,5-7,9H2,1-4H3,(H,15,16)/b10-8+/t11-/m0/s1. The van der Waals surface area contributed by atoms with E-state index in [2.05, 4.69) is 25.7 Å². The summed E-state index contributed by atoms with van der Waals surface area (Å²) < 4.78 is 5.64. The second-order valence-electron chi connectivity index (χ2n) is 5.20. The number of morpholine rings is 1. The van der Waals surface area contributed by atoms with Gasteiger partial charge in [-0.05, 0) is 32.8 Å². The lowest BCUT2D eigenvalue weighted by Crippen LogP contribution is -2.52. The van der Waals surface area contributed by atoms with E-state index in [0.29, 0.717) is 6.61 Å². The van der Waals surface area contributed by atoms with Gasteiger partial charge in [-0.1, -0.05) is 6.92 Å². The quantitative estimate of drug-likeness (QED) is 0.764. The first-order valence-electron chi connectivity index (χ1n) is 6.14. The molecule has 1 aliphatic heterocycles. The molecule has 0 bridgehead atoms. The van der Waals surface area contributed by atoms with Crippen molar-refractivity contribution in [1.82, 2.24) is 4.90 Å². The van der Waals surface area contributed by atoms with Crippen LogP contribution < -0.4 is 0 Å². The van der Waals surface area contributed by atoms with Gasteiger partial charge in [-0.3, -0.25) is 4.90 Å². The maximum atomic E-state index is 10.6. The second-order valence-corrected chi connectivity index (χ2v) is 5.20. The van der Waals surface area contributed by atoms with Crippen LogP contribution >= 0.6 is 0 Å². The molecule has 1 N–H and O–H groups in total. The van der Waals surface area contributed by atoms with Gasteiger partial charge < -0.3 is 9.84 Å². The molecule has 1 saturated heterocycles. The summed E-state index contributed by atoms with van der Waals surface area (Å²) in [6, 6.07) is 0. The number of carboxylic acid groups (broad SMARTS) is 1. The molecule has 4 heteroatoms. The Kier molecular flexibility index (Phi) is 4.71.